The molecule has 7 heteroatoms. The summed E-state index contributed by atoms with van der Waals surface area (Å²) in [5.74, 6) is 0.411. The molecule has 0 aliphatic carbocycles. The first-order valence-electron chi connectivity index (χ1n) is 5.86. The lowest BCUT2D eigenvalue weighted by Crippen LogP contribution is -2.02. The van der Waals surface area contributed by atoms with Gasteiger partial charge in [0, 0.05) is 0 Å². The molecule has 0 radical (unpaired) electrons. The number of ether oxygens (including phenoxy) is 1. The number of hydrogen-bond donors (Lipinski definition) is 0. The first kappa shape index (κ1) is 13.3. The van der Waals surface area contributed by atoms with Crippen molar-refractivity contribution in [2.75, 3.05) is 7.11 Å². The van der Waals surface area contributed by atoms with Gasteiger partial charge in [0.05, 0.1) is 13.7 Å². The number of methoxy groups -OCH3 is 1. The summed E-state index contributed by atoms with van der Waals surface area (Å²) in [4.78, 5) is 12.5. The van der Waals surface area contributed by atoms with Crippen molar-refractivity contribution >= 4 is 38.7 Å². The second-order valence-electron chi connectivity index (χ2n) is 4.13. The highest BCUT2D eigenvalue weighted by molar-refractivity contribution is 9.10. The molecule has 0 saturated carbocycles. The number of halogens is 2. The first-order valence-corrected chi connectivity index (χ1v) is 7.03. The molecule has 0 bridgehead atoms. The molecule has 2 aromatic heterocycles. The zero-order chi connectivity index (χ0) is 14.1. The normalized spacial score (nSPS) is 10.9. The Morgan fingerprint density at radius 2 is 1.95 bits per heavy atom. The van der Waals surface area contributed by atoms with Crippen LogP contribution in [0.4, 0.5) is 0 Å². The third-order valence-corrected chi connectivity index (χ3v) is 3.65. The Morgan fingerprint density at radius 1 is 1.20 bits per heavy atom. The van der Waals surface area contributed by atoms with E-state index in [2.05, 4.69) is 30.9 Å². The van der Waals surface area contributed by atoms with Gasteiger partial charge >= 0.3 is 0 Å². The van der Waals surface area contributed by atoms with Crippen LogP contribution >= 0.6 is 27.5 Å². The zero-order valence-corrected chi connectivity index (χ0v) is 12.9. The molecule has 1 aromatic carbocycles. The number of imidazole rings is 1. The summed E-state index contributed by atoms with van der Waals surface area (Å²) in [6, 6.07) is 10.1. The van der Waals surface area contributed by atoms with Gasteiger partial charge in [-0.25, -0.2) is 4.98 Å². The van der Waals surface area contributed by atoms with E-state index in [1.165, 1.54) is 0 Å². The molecule has 0 amide bonds. The van der Waals surface area contributed by atoms with Crippen molar-refractivity contribution in [1.82, 2.24) is 19.5 Å². The Hall–Kier alpha value is -1.66. The van der Waals surface area contributed by atoms with Crippen molar-refractivity contribution < 1.29 is 4.74 Å². The fraction of sp³-hybridized carbons (Fsp3) is 0.154. The number of benzene rings is 1. The molecule has 0 N–H and O–H groups in total. The summed E-state index contributed by atoms with van der Waals surface area (Å²) < 4.78 is 7.89. The molecule has 0 saturated heterocycles. The average Bonchev–Trinajstić information content (AvgIpc) is 2.75. The number of hydrogen-bond acceptors (Lipinski definition) is 4. The molecule has 0 spiro atoms. The number of nitrogens with zero attached hydrogens (tertiary/aromatic N) is 4. The van der Waals surface area contributed by atoms with E-state index in [1.807, 2.05) is 34.9 Å². The molecule has 0 aliphatic rings. The van der Waals surface area contributed by atoms with E-state index in [-0.39, 0.29) is 5.28 Å². The van der Waals surface area contributed by atoms with Crippen LogP contribution in [0.3, 0.4) is 0 Å². The van der Waals surface area contributed by atoms with E-state index in [0.29, 0.717) is 28.3 Å². The largest absolute Gasteiger partial charge is 0.479 e. The first-order chi connectivity index (χ1) is 9.69. The van der Waals surface area contributed by atoms with Crippen molar-refractivity contribution in [3.05, 3.63) is 45.9 Å². The second kappa shape index (κ2) is 5.38. The molecule has 0 atom stereocenters. The van der Waals surface area contributed by atoms with Crippen molar-refractivity contribution in [2.45, 2.75) is 6.54 Å². The van der Waals surface area contributed by atoms with Gasteiger partial charge < -0.3 is 9.30 Å². The predicted molar refractivity (Wildman–Crippen MR) is 80.1 cm³/mol. The van der Waals surface area contributed by atoms with Gasteiger partial charge in [-0.1, -0.05) is 30.3 Å². The number of aromatic nitrogens is 4. The van der Waals surface area contributed by atoms with Crippen molar-refractivity contribution in [1.29, 1.82) is 0 Å². The van der Waals surface area contributed by atoms with Gasteiger partial charge in [0.2, 0.25) is 11.2 Å². The zero-order valence-electron chi connectivity index (χ0n) is 10.5. The minimum atomic E-state index is 0.117. The summed E-state index contributed by atoms with van der Waals surface area (Å²) >= 11 is 9.30. The van der Waals surface area contributed by atoms with Crippen LogP contribution in [-0.4, -0.2) is 26.6 Å². The van der Waals surface area contributed by atoms with Gasteiger partial charge in [-0.05, 0) is 33.1 Å². The fourth-order valence-corrected chi connectivity index (χ4v) is 2.63. The lowest BCUT2D eigenvalue weighted by atomic mass is 10.2. The van der Waals surface area contributed by atoms with Gasteiger partial charge in [-0.15, -0.1) is 0 Å². The van der Waals surface area contributed by atoms with Crippen LogP contribution in [0.1, 0.15) is 5.56 Å². The van der Waals surface area contributed by atoms with Crippen LogP contribution in [0.2, 0.25) is 5.28 Å². The van der Waals surface area contributed by atoms with Crippen LogP contribution in [0.5, 0.6) is 5.88 Å². The van der Waals surface area contributed by atoms with Gasteiger partial charge in [-0.3, -0.25) is 0 Å². The van der Waals surface area contributed by atoms with Gasteiger partial charge in [0.1, 0.15) is 0 Å². The third-order valence-electron chi connectivity index (χ3n) is 2.87. The molecule has 0 unspecified atom stereocenters. The Kier molecular flexibility index (Phi) is 3.58. The number of fused-ring (bicyclic) bond motifs is 1. The molecule has 2 heterocycles. The molecule has 3 rings (SSSR count). The summed E-state index contributed by atoms with van der Waals surface area (Å²) in [6.07, 6.45) is 0. The molecular formula is C13H10BrClN4O. The summed E-state index contributed by atoms with van der Waals surface area (Å²) in [5.41, 5.74) is 2.36. The van der Waals surface area contributed by atoms with Gasteiger partial charge in [0.25, 0.3) is 0 Å². The Morgan fingerprint density at radius 3 is 2.65 bits per heavy atom. The van der Waals surface area contributed by atoms with Crippen LogP contribution in [0.25, 0.3) is 11.2 Å². The van der Waals surface area contributed by atoms with E-state index in [1.54, 1.807) is 7.11 Å². The summed E-state index contributed by atoms with van der Waals surface area (Å²) in [6.45, 7) is 0.638. The Balaban J connectivity index is 2.17. The summed E-state index contributed by atoms with van der Waals surface area (Å²) in [7, 11) is 1.55. The highest BCUT2D eigenvalue weighted by Crippen LogP contribution is 2.28. The monoisotopic (exact) mass is 352 g/mol. The van der Waals surface area contributed by atoms with Crippen LogP contribution < -0.4 is 4.74 Å². The molecule has 0 aliphatic heterocycles. The van der Waals surface area contributed by atoms with Gasteiger partial charge in [-0.2, -0.15) is 9.97 Å². The standard InChI is InChI=1S/C13H10BrClN4O/c1-20-11-9-10(17-13(15)18-11)16-12(14)19(9)7-8-5-3-2-4-6-8/h2-6H,7H2,1H3. The minimum Gasteiger partial charge on any atom is -0.479 e. The van der Waals surface area contributed by atoms with Crippen molar-refractivity contribution in [3.63, 3.8) is 0 Å². The fourth-order valence-electron chi connectivity index (χ4n) is 2.00. The smallest absolute Gasteiger partial charge is 0.244 e. The van der Waals surface area contributed by atoms with Crippen LogP contribution in [0.15, 0.2) is 35.1 Å². The maximum Gasteiger partial charge on any atom is 0.244 e. The SMILES string of the molecule is COc1nc(Cl)nc2nc(Br)n(Cc3ccccc3)c12. The lowest BCUT2D eigenvalue weighted by Gasteiger charge is -2.08. The molecular weight excluding hydrogens is 344 g/mol. The second-order valence-corrected chi connectivity index (χ2v) is 5.17. The molecule has 0 fully saturated rings. The maximum absolute atomic E-state index is 5.86. The van der Waals surface area contributed by atoms with E-state index >= 15 is 0 Å². The van der Waals surface area contributed by atoms with E-state index in [0.717, 1.165) is 5.56 Å². The predicted octanol–water partition coefficient (Wildman–Crippen LogP) is 3.30. The maximum atomic E-state index is 5.86. The highest BCUT2D eigenvalue weighted by atomic mass is 79.9. The van der Waals surface area contributed by atoms with Crippen LogP contribution in [-0.2, 0) is 6.54 Å². The third kappa shape index (κ3) is 2.36. The molecule has 102 valence electrons. The van der Waals surface area contributed by atoms with E-state index in [4.69, 9.17) is 16.3 Å². The molecule has 5 nitrogen and oxygen atoms in total. The van der Waals surface area contributed by atoms with Crippen LogP contribution in [0, 0.1) is 0 Å². The minimum absolute atomic E-state index is 0.117. The highest BCUT2D eigenvalue weighted by Gasteiger charge is 2.17. The summed E-state index contributed by atoms with van der Waals surface area (Å²) in [5, 5.41) is 0.117. The topological polar surface area (TPSA) is 52.8 Å². The Bertz CT molecular complexity index is 760. The molecule has 3 aromatic rings. The van der Waals surface area contributed by atoms with Crippen molar-refractivity contribution in [2.24, 2.45) is 0 Å². The average molecular weight is 354 g/mol. The van der Waals surface area contributed by atoms with E-state index < -0.39 is 0 Å². The van der Waals surface area contributed by atoms with E-state index in [9.17, 15) is 0 Å². The lowest BCUT2D eigenvalue weighted by molar-refractivity contribution is 0.400. The van der Waals surface area contributed by atoms with Crippen molar-refractivity contribution in [3.8, 4) is 5.88 Å². The van der Waals surface area contributed by atoms with Gasteiger partial charge in [0.15, 0.2) is 15.9 Å². The number of rotatable bonds is 3. The quantitative estimate of drug-likeness (QED) is 0.535. The Labute approximate surface area is 128 Å². The molecule has 20 heavy (non-hydrogen) atoms.